The number of hydrogen-bond acceptors (Lipinski definition) is 2. The van der Waals surface area contributed by atoms with E-state index in [1.807, 2.05) is 20.8 Å². The SMILES string of the molecule is Cc1ccc(C)c(CN2CCCC(NC(=O)C(C)(C)C)C2)c1. The zero-order valence-electron chi connectivity index (χ0n) is 14.7. The Bertz CT molecular complexity index is 531. The van der Waals surface area contributed by atoms with Crippen LogP contribution in [0.4, 0.5) is 0 Å². The van der Waals surface area contributed by atoms with Gasteiger partial charge in [-0.05, 0) is 44.4 Å². The van der Waals surface area contributed by atoms with Crippen LogP contribution in [0.2, 0.25) is 0 Å². The highest BCUT2D eigenvalue weighted by atomic mass is 16.2. The molecule has 2 rings (SSSR count). The number of rotatable bonds is 3. The predicted molar refractivity (Wildman–Crippen MR) is 91.8 cm³/mol. The molecule has 1 aliphatic heterocycles. The maximum atomic E-state index is 12.2. The molecule has 0 bridgehead atoms. The Hall–Kier alpha value is -1.35. The largest absolute Gasteiger partial charge is 0.352 e. The second-order valence-corrected chi connectivity index (χ2v) is 7.73. The van der Waals surface area contributed by atoms with Gasteiger partial charge in [0.25, 0.3) is 0 Å². The fourth-order valence-corrected chi connectivity index (χ4v) is 2.93. The third kappa shape index (κ3) is 4.57. The van der Waals surface area contributed by atoms with Crippen molar-refractivity contribution in [3.63, 3.8) is 0 Å². The molecular formula is C19H30N2O. The number of carbonyl (C=O) groups excluding carboxylic acids is 1. The molecule has 0 aromatic heterocycles. The summed E-state index contributed by atoms with van der Waals surface area (Å²) in [7, 11) is 0. The van der Waals surface area contributed by atoms with Crippen LogP contribution in [-0.4, -0.2) is 29.9 Å². The van der Waals surface area contributed by atoms with Gasteiger partial charge in [-0.15, -0.1) is 0 Å². The number of benzene rings is 1. The summed E-state index contributed by atoms with van der Waals surface area (Å²) < 4.78 is 0. The third-order valence-corrected chi connectivity index (χ3v) is 4.42. The van der Waals surface area contributed by atoms with E-state index in [1.54, 1.807) is 0 Å². The number of nitrogens with zero attached hydrogens (tertiary/aromatic N) is 1. The number of hydrogen-bond donors (Lipinski definition) is 1. The summed E-state index contributed by atoms with van der Waals surface area (Å²) in [5, 5.41) is 3.22. The van der Waals surface area contributed by atoms with Gasteiger partial charge in [-0.2, -0.15) is 0 Å². The molecule has 22 heavy (non-hydrogen) atoms. The molecule has 1 N–H and O–H groups in total. The van der Waals surface area contributed by atoms with Crippen LogP contribution >= 0.6 is 0 Å². The van der Waals surface area contributed by atoms with Crippen molar-refractivity contribution in [2.75, 3.05) is 13.1 Å². The highest BCUT2D eigenvalue weighted by Gasteiger charge is 2.27. The molecule has 1 aromatic rings. The van der Waals surface area contributed by atoms with Crippen molar-refractivity contribution in [2.24, 2.45) is 5.41 Å². The number of nitrogens with one attached hydrogen (secondary N) is 1. The lowest BCUT2D eigenvalue weighted by atomic mass is 9.94. The molecule has 1 aliphatic rings. The van der Waals surface area contributed by atoms with Crippen LogP contribution in [0.15, 0.2) is 18.2 Å². The molecule has 1 amide bonds. The predicted octanol–water partition coefficient (Wildman–Crippen LogP) is 3.43. The number of likely N-dealkylation sites (tertiary alicyclic amines) is 1. The van der Waals surface area contributed by atoms with Crippen LogP contribution < -0.4 is 5.32 Å². The molecule has 1 heterocycles. The van der Waals surface area contributed by atoms with E-state index in [4.69, 9.17) is 0 Å². The quantitative estimate of drug-likeness (QED) is 0.928. The van der Waals surface area contributed by atoms with E-state index < -0.39 is 0 Å². The molecule has 0 spiro atoms. The topological polar surface area (TPSA) is 32.3 Å². The van der Waals surface area contributed by atoms with Crippen LogP contribution in [-0.2, 0) is 11.3 Å². The zero-order chi connectivity index (χ0) is 16.3. The standard InChI is InChI=1S/C19H30N2O/c1-14-8-9-15(2)16(11-14)12-21-10-6-7-17(13-21)20-18(22)19(3,4)5/h8-9,11,17H,6-7,10,12-13H2,1-5H3,(H,20,22). The summed E-state index contributed by atoms with van der Waals surface area (Å²) in [5.74, 6) is 0.158. The van der Waals surface area contributed by atoms with Crippen molar-refractivity contribution in [3.05, 3.63) is 34.9 Å². The summed E-state index contributed by atoms with van der Waals surface area (Å²) in [5.41, 5.74) is 3.76. The Labute approximate surface area is 135 Å². The average Bonchev–Trinajstić information content (AvgIpc) is 2.42. The summed E-state index contributed by atoms with van der Waals surface area (Å²) >= 11 is 0. The Kier molecular flexibility index (Phi) is 5.28. The number of aryl methyl sites for hydroxylation is 2. The van der Waals surface area contributed by atoms with Gasteiger partial charge in [0.15, 0.2) is 0 Å². The van der Waals surface area contributed by atoms with E-state index in [0.29, 0.717) is 0 Å². The number of piperidine rings is 1. The molecule has 3 nitrogen and oxygen atoms in total. The van der Waals surface area contributed by atoms with Gasteiger partial charge in [-0.25, -0.2) is 0 Å². The fraction of sp³-hybridized carbons (Fsp3) is 0.632. The monoisotopic (exact) mass is 302 g/mol. The molecule has 1 unspecified atom stereocenters. The smallest absolute Gasteiger partial charge is 0.225 e. The third-order valence-electron chi connectivity index (χ3n) is 4.42. The molecule has 1 aromatic carbocycles. The van der Waals surface area contributed by atoms with Crippen LogP contribution in [0.1, 0.15) is 50.3 Å². The molecule has 0 saturated carbocycles. The molecular weight excluding hydrogens is 272 g/mol. The first-order chi connectivity index (χ1) is 10.3. The summed E-state index contributed by atoms with van der Waals surface area (Å²) in [6, 6.07) is 6.94. The Morgan fingerprint density at radius 1 is 1.32 bits per heavy atom. The lowest BCUT2D eigenvalue weighted by molar-refractivity contribution is -0.129. The van der Waals surface area contributed by atoms with Gasteiger partial charge in [-0.1, -0.05) is 44.5 Å². The second-order valence-electron chi connectivity index (χ2n) is 7.73. The molecule has 122 valence electrons. The van der Waals surface area contributed by atoms with E-state index in [-0.39, 0.29) is 17.4 Å². The average molecular weight is 302 g/mol. The van der Waals surface area contributed by atoms with Crippen molar-refractivity contribution in [1.82, 2.24) is 10.2 Å². The second kappa shape index (κ2) is 6.82. The normalized spacial score (nSPS) is 20.0. The van der Waals surface area contributed by atoms with Crippen molar-refractivity contribution in [3.8, 4) is 0 Å². The van der Waals surface area contributed by atoms with E-state index in [9.17, 15) is 4.79 Å². The first-order valence-corrected chi connectivity index (χ1v) is 8.35. The first kappa shape index (κ1) is 17.0. The van der Waals surface area contributed by atoms with Gasteiger partial charge in [0.05, 0.1) is 0 Å². The molecule has 0 radical (unpaired) electrons. The van der Waals surface area contributed by atoms with Gasteiger partial charge >= 0.3 is 0 Å². The first-order valence-electron chi connectivity index (χ1n) is 8.35. The van der Waals surface area contributed by atoms with E-state index in [1.165, 1.54) is 16.7 Å². The number of amides is 1. The molecule has 0 aliphatic carbocycles. The Morgan fingerprint density at radius 2 is 2.05 bits per heavy atom. The lowest BCUT2D eigenvalue weighted by Crippen LogP contribution is -2.50. The van der Waals surface area contributed by atoms with Crippen molar-refractivity contribution >= 4 is 5.91 Å². The van der Waals surface area contributed by atoms with Crippen molar-refractivity contribution < 1.29 is 4.79 Å². The Morgan fingerprint density at radius 3 is 2.73 bits per heavy atom. The summed E-state index contributed by atoms with van der Waals surface area (Å²) in [6.45, 7) is 13.3. The van der Waals surface area contributed by atoms with E-state index >= 15 is 0 Å². The van der Waals surface area contributed by atoms with E-state index in [0.717, 1.165) is 32.5 Å². The minimum absolute atomic E-state index is 0.158. The van der Waals surface area contributed by atoms with Crippen molar-refractivity contribution in [2.45, 2.75) is 60.0 Å². The minimum Gasteiger partial charge on any atom is -0.352 e. The fourth-order valence-electron chi connectivity index (χ4n) is 2.93. The Balaban J connectivity index is 1.96. The number of carbonyl (C=O) groups is 1. The molecule has 1 atom stereocenters. The zero-order valence-corrected chi connectivity index (χ0v) is 14.7. The van der Waals surface area contributed by atoms with Gasteiger partial charge in [-0.3, -0.25) is 9.69 Å². The van der Waals surface area contributed by atoms with Crippen LogP contribution in [0.3, 0.4) is 0 Å². The van der Waals surface area contributed by atoms with Crippen molar-refractivity contribution in [1.29, 1.82) is 0 Å². The summed E-state index contributed by atoms with van der Waals surface area (Å²) in [6.07, 6.45) is 2.24. The van der Waals surface area contributed by atoms with Gasteiger partial charge in [0, 0.05) is 24.5 Å². The minimum atomic E-state index is -0.310. The van der Waals surface area contributed by atoms with Gasteiger partial charge in [0.2, 0.25) is 5.91 Å². The maximum Gasteiger partial charge on any atom is 0.225 e. The lowest BCUT2D eigenvalue weighted by Gasteiger charge is -2.34. The van der Waals surface area contributed by atoms with Crippen LogP contribution in [0, 0.1) is 19.3 Å². The van der Waals surface area contributed by atoms with E-state index in [2.05, 4.69) is 42.3 Å². The highest BCUT2D eigenvalue weighted by molar-refractivity contribution is 5.81. The van der Waals surface area contributed by atoms with Gasteiger partial charge in [0.1, 0.15) is 0 Å². The maximum absolute atomic E-state index is 12.2. The summed E-state index contributed by atoms with van der Waals surface area (Å²) in [4.78, 5) is 14.6. The van der Waals surface area contributed by atoms with Crippen LogP contribution in [0.5, 0.6) is 0 Å². The molecule has 1 saturated heterocycles. The highest BCUT2D eigenvalue weighted by Crippen LogP contribution is 2.19. The molecule has 3 heteroatoms. The molecule has 1 fully saturated rings. The van der Waals surface area contributed by atoms with Gasteiger partial charge < -0.3 is 5.32 Å². The van der Waals surface area contributed by atoms with Crippen LogP contribution in [0.25, 0.3) is 0 Å².